The smallest absolute Gasteiger partial charge is 0.248 e. The number of carbonyl (C=O) groups is 1. The van der Waals surface area contributed by atoms with Gasteiger partial charge in [-0.25, -0.2) is 4.68 Å². The molecule has 4 rings (SSSR count). The zero-order chi connectivity index (χ0) is 20.5. The highest BCUT2D eigenvalue weighted by molar-refractivity contribution is 6.33. The lowest BCUT2D eigenvalue weighted by Gasteiger charge is -2.27. The molecule has 8 heteroatoms. The number of nitrogens with two attached hydrogens (primary N) is 1. The maximum atomic E-state index is 12.3. The van der Waals surface area contributed by atoms with Crippen LogP contribution in [0.25, 0.3) is 11.4 Å². The number of anilines is 1. The van der Waals surface area contributed by atoms with Crippen molar-refractivity contribution in [1.82, 2.24) is 14.8 Å². The number of hydrogen-bond donors (Lipinski definition) is 2. The van der Waals surface area contributed by atoms with Crippen LogP contribution >= 0.6 is 11.6 Å². The van der Waals surface area contributed by atoms with Gasteiger partial charge in [0.15, 0.2) is 5.82 Å². The minimum atomic E-state index is -0.519. The highest BCUT2D eigenvalue weighted by Gasteiger charge is 2.33. The Morgan fingerprint density at radius 3 is 2.62 bits per heavy atom. The number of hydrogen-bond acceptors (Lipinski definition) is 5. The fraction of sp³-hybridized carbons (Fsp3) is 0.190. The minimum absolute atomic E-state index is 0.428. The number of primary amides is 1. The molecule has 0 bridgehead atoms. The topological polar surface area (TPSA) is 95.1 Å². The molecule has 0 saturated heterocycles. The lowest BCUT2D eigenvalue weighted by Crippen LogP contribution is -2.31. The van der Waals surface area contributed by atoms with Crippen molar-refractivity contribution in [3.05, 3.63) is 70.4 Å². The Morgan fingerprint density at radius 2 is 1.97 bits per heavy atom. The van der Waals surface area contributed by atoms with E-state index in [0.717, 1.165) is 11.3 Å². The van der Waals surface area contributed by atoms with Crippen LogP contribution in [0, 0.1) is 0 Å². The molecule has 0 saturated carbocycles. The van der Waals surface area contributed by atoms with Crippen molar-refractivity contribution in [2.24, 2.45) is 5.73 Å². The molecule has 7 nitrogen and oxygen atoms in total. The molecular formula is C21H20ClN5O2. The van der Waals surface area contributed by atoms with Gasteiger partial charge in [-0.2, -0.15) is 4.98 Å². The number of nitrogens with zero attached hydrogens (tertiary/aromatic N) is 3. The van der Waals surface area contributed by atoms with Crippen LogP contribution in [0.1, 0.15) is 25.5 Å². The van der Waals surface area contributed by atoms with Gasteiger partial charge in [-0.15, -0.1) is 5.10 Å². The van der Waals surface area contributed by atoms with Crippen LogP contribution < -0.4 is 15.8 Å². The van der Waals surface area contributed by atoms with Crippen molar-refractivity contribution >= 4 is 23.5 Å². The maximum absolute atomic E-state index is 12.3. The molecule has 2 heterocycles. The van der Waals surface area contributed by atoms with Gasteiger partial charge in [0, 0.05) is 11.3 Å². The molecule has 0 fully saturated rings. The highest BCUT2D eigenvalue weighted by Crippen LogP contribution is 2.37. The Labute approximate surface area is 173 Å². The second-order valence-electron chi connectivity index (χ2n) is 6.62. The first-order valence-electron chi connectivity index (χ1n) is 9.21. The first kappa shape index (κ1) is 19.0. The molecule has 3 aromatic rings. The van der Waals surface area contributed by atoms with E-state index in [1.54, 1.807) is 17.7 Å². The van der Waals surface area contributed by atoms with Crippen molar-refractivity contribution in [3.8, 4) is 17.1 Å². The quantitative estimate of drug-likeness (QED) is 0.668. The predicted octanol–water partition coefficient (Wildman–Crippen LogP) is 3.77. The molecule has 0 aliphatic carbocycles. The fourth-order valence-electron chi connectivity index (χ4n) is 3.45. The fourth-order valence-corrected chi connectivity index (χ4v) is 3.67. The summed E-state index contributed by atoms with van der Waals surface area (Å²) >= 11 is 6.32. The third kappa shape index (κ3) is 3.45. The summed E-state index contributed by atoms with van der Waals surface area (Å²) in [4.78, 5) is 16.9. The highest BCUT2D eigenvalue weighted by atomic mass is 35.5. The van der Waals surface area contributed by atoms with E-state index in [1.807, 2.05) is 49.4 Å². The van der Waals surface area contributed by atoms with E-state index in [9.17, 15) is 4.79 Å². The van der Waals surface area contributed by atoms with Crippen LogP contribution in [0.3, 0.4) is 0 Å². The van der Waals surface area contributed by atoms with Gasteiger partial charge in [0.05, 0.1) is 17.2 Å². The molecule has 1 aliphatic heterocycles. The molecule has 1 aliphatic rings. The second kappa shape index (κ2) is 7.60. The number of allylic oxidation sites excluding steroid dienone is 1. The molecular weight excluding hydrogens is 390 g/mol. The monoisotopic (exact) mass is 409 g/mol. The Hall–Kier alpha value is -3.32. The van der Waals surface area contributed by atoms with Crippen molar-refractivity contribution < 1.29 is 9.53 Å². The van der Waals surface area contributed by atoms with Crippen LogP contribution in [0.5, 0.6) is 5.75 Å². The van der Waals surface area contributed by atoms with E-state index in [-0.39, 0.29) is 0 Å². The number of ether oxygens (including phenoxy) is 1. The summed E-state index contributed by atoms with van der Waals surface area (Å²) in [6.07, 6.45) is 0. The molecule has 0 radical (unpaired) electrons. The number of aromatic nitrogens is 3. The second-order valence-corrected chi connectivity index (χ2v) is 7.02. The summed E-state index contributed by atoms with van der Waals surface area (Å²) < 4.78 is 7.19. The summed E-state index contributed by atoms with van der Waals surface area (Å²) in [5, 5.41) is 8.33. The molecule has 1 unspecified atom stereocenters. The van der Waals surface area contributed by atoms with Gasteiger partial charge in [-0.05, 0) is 43.7 Å². The number of amides is 1. The number of fused-ring (bicyclic) bond motifs is 1. The van der Waals surface area contributed by atoms with E-state index in [2.05, 4.69) is 15.4 Å². The zero-order valence-corrected chi connectivity index (χ0v) is 16.8. The Bertz CT molecular complexity index is 1100. The van der Waals surface area contributed by atoms with Crippen molar-refractivity contribution in [1.29, 1.82) is 0 Å². The third-order valence-corrected chi connectivity index (χ3v) is 5.07. The molecule has 1 aromatic heterocycles. The lowest BCUT2D eigenvalue weighted by molar-refractivity contribution is -0.115. The average Bonchev–Trinajstić information content (AvgIpc) is 3.11. The van der Waals surface area contributed by atoms with Crippen LogP contribution in [0.15, 0.2) is 59.8 Å². The van der Waals surface area contributed by atoms with Gasteiger partial charge < -0.3 is 15.8 Å². The van der Waals surface area contributed by atoms with Crippen molar-refractivity contribution in [2.75, 3.05) is 11.9 Å². The van der Waals surface area contributed by atoms with Gasteiger partial charge >= 0.3 is 0 Å². The summed E-state index contributed by atoms with van der Waals surface area (Å²) in [5.41, 5.74) is 8.34. The van der Waals surface area contributed by atoms with Gasteiger partial charge in [0.2, 0.25) is 11.9 Å². The largest absolute Gasteiger partial charge is 0.494 e. The van der Waals surface area contributed by atoms with Crippen LogP contribution in [0.4, 0.5) is 5.95 Å². The number of carbonyl (C=O) groups excluding carboxylic acids is 1. The minimum Gasteiger partial charge on any atom is -0.494 e. The standard InChI is InChI=1S/C21H20ClN5O2/c1-3-29-14-10-8-13(9-11-14)18-17(19(23)28)12(2)24-21-25-20(26-27(18)21)15-6-4-5-7-16(15)22/h4-11,18H,3H2,1-2H3,(H2,23,28)(H,24,25,26). The van der Waals surface area contributed by atoms with E-state index in [0.29, 0.717) is 40.2 Å². The number of halogens is 1. The number of nitrogens with one attached hydrogen (secondary N) is 1. The summed E-state index contributed by atoms with van der Waals surface area (Å²) in [6, 6.07) is 14.4. The van der Waals surface area contributed by atoms with E-state index >= 15 is 0 Å². The molecule has 1 atom stereocenters. The number of benzene rings is 2. The van der Waals surface area contributed by atoms with E-state index in [1.165, 1.54) is 0 Å². The van der Waals surface area contributed by atoms with E-state index in [4.69, 9.17) is 22.1 Å². The lowest BCUT2D eigenvalue weighted by atomic mass is 9.95. The van der Waals surface area contributed by atoms with Gasteiger partial charge in [-0.1, -0.05) is 35.9 Å². The van der Waals surface area contributed by atoms with Crippen LogP contribution in [0.2, 0.25) is 5.02 Å². The van der Waals surface area contributed by atoms with Gasteiger partial charge in [0.25, 0.3) is 0 Å². The zero-order valence-electron chi connectivity index (χ0n) is 16.0. The average molecular weight is 410 g/mol. The molecule has 29 heavy (non-hydrogen) atoms. The third-order valence-electron chi connectivity index (χ3n) is 4.74. The maximum Gasteiger partial charge on any atom is 0.248 e. The molecule has 0 spiro atoms. The first-order valence-corrected chi connectivity index (χ1v) is 9.59. The Morgan fingerprint density at radius 1 is 1.24 bits per heavy atom. The molecule has 148 valence electrons. The molecule has 1 amide bonds. The predicted molar refractivity (Wildman–Crippen MR) is 112 cm³/mol. The Balaban J connectivity index is 1.84. The summed E-state index contributed by atoms with van der Waals surface area (Å²) in [7, 11) is 0. The SMILES string of the molecule is CCOc1ccc(C2C(C(N)=O)=C(C)Nc3nc(-c4ccccc4Cl)nn32)cc1. The summed E-state index contributed by atoms with van der Waals surface area (Å²) in [5.74, 6) is 1.21. The molecule has 3 N–H and O–H groups in total. The van der Waals surface area contributed by atoms with Crippen molar-refractivity contribution in [2.45, 2.75) is 19.9 Å². The normalized spacial score (nSPS) is 15.6. The summed E-state index contributed by atoms with van der Waals surface area (Å²) in [6.45, 7) is 4.30. The van der Waals surface area contributed by atoms with Gasteiger partial charge in [-0.3, -0.25) is 4.79 Å². The first-order chi connectivity index (χ1) is 14.0. The van der Waals surface area contributed by atoms with E-state index < -0.39 is 11.9 Å². The van der Waals surface area contributed by atoms with Crippen molar-refractivity contribution in [3.63, 3.8) is 0 Å². The van der Waals surface area contributed by atoms with Crippen LogP contribution in [-0.4, -0.2) is 27.3 Å². The van der Waals surface area contributed by atoms with Crippen LogP contribution in [-0.2, 0) is 4.79 Å². The number of rotatable bonds is 5. The Kier molecular flexibility index (Phi) is 4.98. The molecule has 2 aromatic carbocycles. The van der Waals surface area contributed by atoms with Gasteiger partial charge in [0.1, 0.15) is 11.8 Å².